The highest BCUT2D eigenvalue weighted by Crippen LogP contribution is 2.19. The number of amides is 3. The van der Waals surface area contributed by atoms with Crippen LogP contribution in [0.1, 0.15) is 21.8 Å². The van der Waals surface area contributed by atoms with Crippen molar-refractivity contribution in [3.63, 3.8) is 0 Å². The van der Waals surface area contributed by atoms with Gasteiger partial charge in [0.1, 0.15) is 5.75 Å². The van der Waals surface area contributed by atoms with Gasteiger partial charge in [0, 0.05) is 38.8 Å². The average molecular weight is 426 g/mol. The molecule has 1 saturated heterocycles. The highest BCUT2D eigenvalue weighted by atomic mass is 19.4. The number of aryl methyl sites for hydroxylation is 1. The van der Waals surface area contributed by atoms with Gasteiger partial charge in [-0.2, -0.15) is 13.2 Å². The minimum atomic E-state index is -4.39. The number of piperazine rings is 1. The van der Waals surface area contributed by atoms with Crippen molar-refractivity contribution in [1.29, 1.82) is 0 Å². The third-order valence-electron chi connectivity index (χ3n) is 4.46. The number of hydrogen-bond donors (Lipinski definition) is 1. The van der Waals surface area contributed by atoms with E-state index in [1.54, 1.807) is 34.9 Å². The first-order valence-electron chi connectivity index (χ1n) is 9.25. The van der Waals surface area contributed by atoms with E-state index in [4.69, 9.17) is 4.52 Å². The van der Waals surface area contributed by atoms with Gasteiger partial charge < -0.3 is 24.4 Å². The van der Waals surface area contributed by atoms with E-state index in [2.05, 4.69) is 15.2 Å². The lowest BCUT2D eigenvalue weighted by Gasteiger charge is -2.34. The summed E-state index contributed by atoms with van der Waals surface area (Å²) in [5.74, 6) is 0.0155. The second-order valence-corrected chi connectivity index (χ2v) is 6.82. The van der Waals surface area contributed by atoms with Crippen LogP contribution in [0.25, 0.3) is 0 Å². The summed E-state index contributed by atoms with van der Waals surface area (Å²) in [6.45, 7) is 2.08. The first-order chi connectivity index (χ1) is 14.2. The molecule has 1 aromatic carbocycles. The SMILES string of the molecule is Cc1cc(C(=O)N2CCN(C(=O)NCc3ccc(OCC(F)(F)F)cc3)CC2)on1. The van der Waals surface area contributed by atoms with Crippen LogP contribution in [0, 0.1) is 6.92 Å². The Morgan fingerprint density at radius 1 is 1.13 bits per heavy atom. The lowest BCUT2D eigenvalue weighted by Crippen LogP contribution is -2.53. The van der Waals surface area contributed by atoms with Crippen molar-refractivity contribution in [1.82, 2.24) is 20.3 Å². The lowest BCUT2D eigenvalue weighted by molar-refractivity contribution is -0.153. The molecule has 1 aliphatic heterocycles. The van der Waals surface area contributed by atoms with Gasteiger partial charge in [-0.15, -0.1) is 0 Å². The Bertz CT molecular complexity index is 875. The highest BCUT2D eigenvalue weighted by molar-refractivity contribution is 5.91. The molecule has 0 atom stereocenters. The van der Waals surface area contributed by atoms with Crippen molar-refractivity contribution < 1.29 is 32.0 Å². The van der Waals surface area contributed by atoms with Crippen LogP contribution in [-0.2, 0) is 6.54 Å². The van der Waals surface area contributed by atoms with E-state index in [0.717, 1.165) is 5.56 Å². The Balaban J connectivity index is 1.42. The minimum absolute atomic E-state index is 0.102. The number of nitrogens with one attached hydrogen (secondary N) is 1. The molecule has 0 saturated carbocycles. The largest absolute Gasteiger partial charge is 0.484 e. The minimum Gasteiger partial charge on any atom is -0.484 e. The standard InChI is InChI=1S/C19H21F3N4O4/c1-13-10-16(30-24-13)17(27)25-6-8-26(9-7-25)18(28)23-11-14-2-4-15(5-3-14)29-12-19(20,21)22/h2-5,10H,6-9,11-12H2,1H3,(H,23,28). The fourth-order valence-corrected chi connectivity index (χ4v) is 2.89. The van der Waals surface area contributed by atoms with Gasteiger partial charge >= 0.3 is 12.2 Å². The summed E-state index contributed by atoms with van der Waals surface area (Å²) in [7, 11) is 0. The molecular weight excluding hydrogens is 405 g/mol. The second-order valence-electron chi connectivity index (χ2n) is 6.82. The number of halogens is 3. The van der Waals surface area contributed by atoms with Crippen LogP contribution < -0.4 is 10.1 Å². The highest BCUT2D eigenvalue weighted by Gasteiger charge is 2.28. The molecule has 3 rings (SSSR count). The Kier molecular flexibility index (Phi) is 6.48. The monoisotopic (exact) mass is 426 g/mol. The van der Waals surface area contributed by atoms with Gasteiger partial charge in [-0.05, 0) is 24.6 Å². The van der Waals surface area contributed by atoms with Crippen molar-refractivity contribution in [3.8, 4) is 5.75 Å². The molecule has 162 valence electrons. The van der Waals surface area contributed by atoms with Crippen LogP contribution in [0.4, 0.5) is 18.0 Å². The van der Waals surface area contributed by atoms with Gasteiger partial charge in [0.05, 0.1) is 5.69 Å². The Morgan fingerprint density at radius 3 is 2.33 bits per heavy atom. The summed E-state index contributed by atoms with van der Waals surface area (Å²) in [4.78, 5) is 27.9. The van der Waals surface area contributed by atoms with Gasteiger partial charge in [-0.1, -0.05) is 17.3 Å². The van der Waals surface area contributed by atoms with Crippen LogP contribution in [0.5, 0.6) is 5.75 Å². The van der Waals surface area contributed by atoms with E-state index in [9.17, 15) is 22.8 Å². The van der Waals surface area contributed by atoms with E-state index in [1.807, 2.05) is 0 Å². The summed E-state index contributed by atoms with van der Waals surface area (Å²) in [6, 6.07) is 7.30. The summed E-state index contributed by atoms with van der Waals surface area (Å²) in [5.41, 5.74) is 1.34. The van der Waals surface area contributed by atoms with Crippen molar-refractivity contribution in [2.45, 2.75) is 19.6 Å². The molecule has 11 heteroatoms. The molecular formula is C19H21F3N4O4. The van der Waals surface area contributed by atoms with Crippen LogP contribution in [0.3, 0.4) is 0 Å². The topological polar surface area (TPSA) is 87.9 Å². The third-order valence-corrected chi connectivity index (χ3v) is 4.46. The number of aromatic nitrogens is 1. The molecule has 2 aromatic rings. The molecule has 0 radical (unpaired) electrons. The predicted molar refractivity (Wildman–Crippen MR) is 98.9 cm³/mol. The maximum Gasteiger partial charge on any atom is 0.422 e. The fraction of sp³-hybridized carbons (Fsp3) is 0.421. The number of carbonyl (C=O) groups is 2. The Hall–Kier alpha value is -3.24. The molecule has 0 aliphatic carbocycles. The first-order valence-corrected chi connectivity index (χ1v) is 9.25. The number of ether oxygens (including phenoxy) is 1. The Morgan fingerprint density at radius 2 is 1.77 bits per heavy atom. The normalized spacial score (nSPS) is 14.5. The smallest absolute Gasteiger partial charge is 0.422 e. The van der Waals surface area contributed by atoms with E-state index in [0.29, 0.717) is 31.9 Å². The molecule has 30 heavy (non-hydrogen) atoms. The number of benzene rings is 1. The summed E-state index contributed by atoms with van der Waals surface area (Å²) < 4.78 is 46.1. The molecule has 3 amide bonds. The van der Waals surface area contributed by atoms with Crippen LogP contribution in [-0.4, -0.2) is 65.9 Å². The zero-order valence-electron chi connectivity index (χ0n) is 16.2. The van der Waals surface area contributed by atoms with Gasteiger partial charge in [-0.3, -0.25) is 4.79 Å². The van der Waals surface area contributed by atoms with Crippen LogP contribution >= 0.6 is 0 Å². The lowest BCUT2D eigenvalue weighted by atomic mass is 10.2. The molecule has 0 spiro atoms. The number of hydrogen-bond acceptors (Lipinski definition) is 5. The van der Waals surface area contributed by atoms with E-state index in [1.165, 1.54) is 12.1 Å². The summed E-state index contributed by atoms with van der Waals surface area (Å²) in [6.07, 6.45) is -4.39. The first kappa shape index (κ1) is 21.5. The molecule has 0 bridgehead atoms. The molecule has 1 aliphatic rings. The quantitative estimate of drug-likeness (QED) is 0.794. The van der Waals surface area contributed by atoms with Crippen LogP contribution in [0.2, 0.25) is 0 Å². The van der Waals surface area contributed by atoms with Crippen LogP contribution in [0.15, 0.2) is 34.9 Å². The van der Waals surface area contributed by atoms with Crippen molar-refractivity contribution >= 4 is 11.9 Å². The number of nitrogens with zero attached hydrogens (tertiary/aromatic N) is 3. The molecule has 1 fully saturated rings. The molecule has 8 nitrogen and oxygen atoms in total. The molecule has 1 N–H and O–H groups in total. The van der Waals surface area contributed by atoms with Gasteiger partial charge in [0.15, 0.2) is 6.61 Å². The number of rotatable bonds is 5. The van der Waals surface area contributed by atoms with Crippen molar-refractivity contribution in [2.24, 2.45) is 0 Å². The zero-order chi connectivity index (χ0) is 21.7. The molecule has 1 aromatic heterocycles. The fourth-order valence-electron chi connectivity index (χ4n) is 2.89. The van der Waals surface area contributed by atoms with E-state index < -0.39 is 12.8 Å². The molecule has 2 heterocycles. The van der Waals surface area contributed by atoms with Gasteiger partial charge in [-0.25, -0.2) is 4.79 Å². The maximum absolute atomic E-state index is 12.3. The predicted octanol–water partition coefficient (Wildman–Crippen LogP) is 2.59. The number of carbonyl (C=O) groups excluding carboxylic acids is 2. The average Bonchev–Trinajstić information content (AvgIpc) is 3.16. The van der Waals surface area contributed by atoms with E-state index in [-0.39, 0.29) is 30.0 Å². The van der Waals surface area contributed by atoms with Gasteiger partial charge in [0.25, 0.3) is 5.91 Å². The van der Waals surface area contributed by atoms with Crippen molar-refractivity contribution in [2.75, 3.05) is 32.8 Å². The zero-order valence-corrected chi connectivity index (χ0v) is 16.2. The summed E-state index contributed by atoms with van der Waals surface area (Å²) >= 11 is 0. The Labute approximate surface area is 170 Å². The molecule has 0 unspecified atom stereocenters. The second kappa shape index (κ2) is 9.06. The maximum atomic E-state index is 12.3. The van der Waals surface area contributed by atoms with E-state index >= 15 is 0 Å². The van der Waals surface area contributed by atoms with Crippen molar-refractivity contribution in [3.05, 3.63) is 47.3 Å². The summed E-state index contributed by atoms with van der Waals surface area (Å²) in [5, 5.41) is 6.46. The number of alkyl halides is 3. The third kappa shape index (κ3) is 5.88. The number of urea groups is 1. The van der Waals surface area contributed by atoms with Gasteiger partial charge in [0.2, 0.25) is 5.76 Å².